The second-order valence-electron chi connectivity index (χ2n) is 2.31. The summed E-state index contributed by atoms with van der Waals surface area (Å²) in [5, 5.41) is 0. The summed E-state index contributed by atoms with van der Waals surface area (Å²) >= 11 is -2.00. The van der Waals surface area contributed by atoms with E-state index in [1.807, 2.05) is 6.08 Å². The van der Waals surface area contributed by atoms with E-state index in [2.05, 4.69) is 12.7 Å². The molecule has 0 aromatic rings. The summed E-state index contributed by atoms with van der Waals surface area (Å²) < 4.78 is 17.0. The monoisotopic (exact) mass is 188 g/mol. The zero-order chi connectivity index (χ0) is 8.53. The van der Waals surface area contributed by atoms with Gasteiger partial charge in [-0.15, -0.1) is 0 Å². The van der Waals surface area contributed by atoms with E-state index in [9.17, 15) is 0 Å². The minimum absolute atomic E-state index is 1.25. The zero-order valence-corrected chi connectivity index (χ0v) is 8.07. The van der Waals surface area contributed by atoms with Gasteiger partial charge in [-0.1, -0.05) is 24.3 Å². The standard InChI is InChI=1S/C8H12.2O.Ti/c1-2-8-6-4-3-5-7-8;;;/h2,6H,1,3-5,7H2;;;. The van der Waals surface area contributed by atoms with Crippen molar-refractivity contribution in [2.75, 3.05) is 0 Å². The summed E-state index contributed by atoms with van der Waals surface area (Å²) in [6, 6.07) is 0. The first-order valence-electron chi connectivity index (χ1n) is 3.66. The van der Waals surface area contributed by atoms with Crippen LogP contribution < -0.4 is 0 Å². The maximum atomic E-state index is 8.50. The van der Waals surface area contributed by atoms with Gasteiger partial charge < -0.3 is 0 Å². The van der Waals surface area contributed by atoms with Crippen molar-refractivity contribution in [2.24, 2.45) is 0 Å². The summed E-state index contributed by atoms with van der Waals surface area (Å²) in [7, 11) is 0. The molecule has 60 valence electrons. The van der Waals surface area contributed by atoms with Gasteiger partial charge in [-0.3, -0.25) is 0 Å². The fourth-order valence-electron chi connectivity index (χ4n) is 1.05. The van der Waals surface area contributed by atoms with Crippen LogP contribution >= 0.6 is 0 Å². The fourth-order valence-corrected chi connectivity index (χ4v) is 1.05. The van der Waals surface area contributed by atoms with E-state index >= 15 is 0 Å². The van der Waals surface area contributed by atoms with Gasteiger partial charge in [-0.2, -0.15) is 0 Å². The Kier molecular flexibility index (Phi) is 7.75. The Morgan fingerprint density at radius 1 is 1.45 bits per heavy atom. The minimum atomic E-state index is -2.00. The average Bonchev–Trinajstić information content (AvgIpc) is 2.08. The Labute approximate surface area is 75.9 Å². The number of hydrogen-bond acceptors (Lipinski definition) is 2. The second kappa shape index (κ2) is 7.90. The van der Waals surface area contributed by atoms with Crippen LogP contribution in [-0.2, 0) is 25.7 Å². The molecule has 0 bridgehead atoms. The van der Waals surface area contributed by atoms with E-state index in [4.69, 9.17) is 6.65 Å². The van der Waals surface area contributed by atoms with Crippen molar-refractivity contribution in [1.82, 2.24) is 0 Å². The molecule has 2 nitrogen and oxygen atoms in total. The zero-order valence-electron chi connectivity index (χ0n) is 6.51. The predicted octanol–water partition coefficient (Wildman–Crippen LogP) is 2.43. The van der Waals surface area contributed by atoms with Crippen LogP contribution in [0.4, 0.5) is 0 Å². The quantitative estimate of drug-likeness (QED) is 0.592. The van der Waals surface area contributed by atoms with Crippen molar-refractivity contribution in [1.29, 1.82) is 0 Å². The Morgan fingerprint density at radius 3 is 2.36 bits per heavy atom. The second-order valence-corrected chi connectivity index (χ2v) is 2.57. The molecule has 0 N–H and O–H groups in total. The number of allylic oxidation sites excluding steroid dienone is 3. The molecule has 0 aliphatic heterocycles. The summed E-state index contributed by atoms with van der Waals surface area (Å²) in [6.45, 7) is 3.72. The molecule has 0 radical (unpaired) electrons. The van der Waals surface area contributed by atoms with Gasteiger partial charge >= 0.3 is 25.7 Å². The van der Waals surface area contributed by atoms with Gasteiger partial charge in [0.25, 0.3) is 0 Å². The molecule has 11 heavy (non-hydrogen) atoms. The first kappa shape index (κ1) is 10.8. The molecule has 3 heteroatoms. The first-order chi connectivity index (χ1) is 5.35. The van der Waals surface area contributed by atoms with Crippen LogP contribution in [0.1, 0.15) is 25.7 Å². The molecule has 0 spiro atoms. The van der Waals surface area contributed by atoms with Crippen LogP contribution in [0.3, 0.4) is 0 Å². The van der Waals surface area contributed by atoms with Crippen molar-refractivity contribution >= 4 is 0 Å². The fraction of sp³-hybridized carbons (Fsp3) is 0.500. The maximum absolute atomic E-state index is 8.50. The third-order valence-corrected chi connectivity index (χ3v) is 1.59. The van der Waals surface area contributed by atoms with Crippen LogP contribution in [-0.4, -0.2) is 0 Å². The summed E-state index contributed by atoms with van der Waals surface area (Å²) in [5.41, 5.74) is 1.44. The van der Waals surface area contributed by atoms with E-state index in [0.717, 1.165) is 0 Å². The van der Waals surface area contributed by atoms with E-state index in [-0.39, 0.29) is 0 Å². The van der Waals surface area contributed by atoms with Crippen molar-refractivity contribution in [3.8, 4) is 0 Å². The Balaban J connectivity index is 0.000000292. The molecule has 0 aromatic heterocycles. The molecule has 1 rings (SSSR count). The van der Waals surface area contributed by atoms with E-state index in [1.54, 1.807) is 0 Å². The molecule has 0 aromatic carbocycles. The summed E-state index contributed by atoms with van der Waals surface area (Å²) in [5.74, 6) is 0. The molecule has 0 saturated heterocycles. The van der Waals surface area contributed by atoms with E-state index < -0.39 is 19.1 Å². The number of hydrogen-bond donors (Lipinski definition) is 0. The van der Waals surface area contributed by atoms with Crippen molar-refractivity contribution < 1.29 is 25.7 Å². The average molecular weight is 188 g/mol. The summed E-state index contributed by atoms with van der Waals surface area (Å²) in [6.07, 6.45) is 9.51. The summed E-state index contributed by atoms with van der Waals surface area (Å²) in [4.78, 5) is 0. The molecule has 1 aliphatic carbocycles. The van der Waals surface area contributed by atoms with Gasteiger partial charge in [0.05, 0.1) is 0 Å². The third kappa shape index (κ3) is 6.20. The first-order valence-corrected chi connectivity index (χ1v) is 4.93. The molecular weight excluding hydrogens is 176 g/mol. The van der Waals surface area contributed by atoms with Gasteiger partial charge in [0.15, 0.2) is 0 Å². The normalized spacial score (nSPS) is 15.1. The topological polar surface area (TPSA) is 34.1 Å². The SMILES string of the molecule is C=CC1=CCCCC1.[O]=[Ti]=[O]. The van der Waals surface area contributed by atoms with Crippen LogP contribution in [0.15, 0.2) is 24.3 Å². The Hall–Kier alpha value is -0.206. The van der Waals surface area contributed by atoms with E-state index in [0.29, 0.717) is 0 Å². The van der Waals surface area contributed by atoms with Crippen LogP contribution in [0, 0.1) is 0 Å². The van der Waals surface area contributed by atoms with Gasteiger partial charge in [0.2, 0.25) is 0 Å². The molecular formula is C8H12O2Ti. The molecule has 0 fully saturated rings. The Bertz CT molecular complexity index is 179. The third-order valence-electron chi connectivity index (χ3n) is 1.59. The van der Waals surface area contributed by atoms with Gasteiger partial charge in [-0.05, 0) is 25.7 Å². The van der Waals surface area contributed by atoms with Gasteiger partial charge in [0.1, 0.15) is 0 Å². The van der Waals surface area contributed by atoms with Crippen molar-refractivity contribution in [3.05, 3.63) is 24.3 Å². The number of rotatable bonds is 1. The predicted molar refractivity (Wildman–Crippen MR) is 38.1 cm³/mol. The van der Waals surface area contributed by atoms with Gasteiger partial charge in [0, 0.05) is 0 Å². The van der Waals surface area contributed by atoms with Crippen molar-refractivity contribution in [2.45, 2.75) is 25.7 Å². The molecule has 0 saturated carbocycles. The van der Waals surface area contributed by atoms with Gasteiger partial charge in [-0.25, -0.2) is 0 Å². The molecule has 0 amide bonds. The van der Waals surface area contributed by atoms with Crippen LogP contribution in [0.2, 0.25) is 0 Å². The van der Waals surface area contributed by atoms with E-state index in [1.165, 1.54) is 31.3 Å². The molecule has 0 atom stereocenters. The Morgan fingerprint density at radius 2 is 2.09 bits per heavy atom. The molecule has 0 heterocycles. The van der Waals surface area contributed by atoms with Crippen LogP contribution in [0.5, 0.6) is 0 Å². The van der Waals surface area contributed by atoms with Crippen LogP contribution in [0.25, 0.3) is 0 Å². The van der Waals surface area contributed by atoms with Crippen molar-refractivity contribution in [3.63, 3.8) is 0 Å². The molecule has 1 aliphatic rings. The molecule has 0 unspecified atom stereocenters.